The maximum atomic E-state index is 11.7. The van der Waals surface area contributed by atoms with Crippen molar-refractivity contribution in [2.24, 2.45) is 10.9 Å². The quantitative estimate of drug-likeness (QED) is 0.247. The largest absolute Gasteiger partial charge is 0.409 e. The number of nitrogens with one attached hydrogen (secondary N) is 1. The second-order valence-corrected chi connectivity index (χ2v) is 5.04. The van der Waals surface area contributed by atoms with Crippen LogP contribution in [0.3, 0.4) is 0 Å². The van der Waals surface area contributed by atoms with Crippen LogP contribution in [0.1, 0.15) is 38.2 Å². The minimum Gasteiger partial charge on any atom is -0.409 e. The lowest BCUT2D eigenvalue weighted by Crippen LogP contribution is -2.14. The van der Waals surface area contributed by atoms with Crippen molar-refractivity contribution in [2.45, 2.75) is 32.6 Å². The van der Waals surface area contributed by atoms with Crippen LogP contribution in [0, 0.1) is 0 Å². The molecule has 0 aromatic heterocycles. The van der Waals surface area contributed by atoms with Gasteiger partial charge in [0, 0.05) is 16.5 Å². The molecule has 0 aliphatic carbocycles. The number of oxime groups is 1. The van der Waals surface area contributed by atoms with E-state index < -0.39 is 0 Å². The van der Waals surface area contributed by atoms with Crippen LogP contribution in [0.5, 0.6) is 0 Å². The zero-order chi connectivity index (χ0) is 14.3. The molecule has 5 nitrogen and oxygen atoms in total. The van der Waals surface area contributed by atoms with Gasteiger partial charge < -0.3 is 16.3 Å². The molecule has 19 heavy (non-hydrogen) atoms. The van der Waals surface area contributed by atoms with E-state index in [1.807, 2.05) is 0 Å². The van der Waals surface area contributed by atoms with Gasteiger partial charge in [0.2, 0.25) is 5.91 Å². The van der Waals surface area contributed by atoms with Crippen molar-refractivity contribution < 1.29 is 10.0 Å². The molecular formula is C13H18BrN3O2. The summed E-state index contributed by atoms with van der Waals surface area (Å²) in [5, 5.41) is 14.3. The molecule has 0 aliphatic heterocycles. The maximum absolute atomic E-state index is 11.7. The van der Waals surface area contributed by atoms with Crippen molar-refractivity contribution in [1.82, 2.24) is 0 Å². The van der Waals surface area contributed by atoms with Crippen LogP contribution in [0.2, 0.25) is 0 Å². The molecule has 0 spiro atoms. The van der Waals surface area contributed by atoms with Crippen LogP contribution in [-0.4, -0.2) is 17.0 Å². The number of carbonyl (C=O) groups is 1. The summed E-state index contributed by atoms with van der Waals surface area (Å²) in [5.41, 5.74) is 6.75. The summed E-state index contributed by atoms with van der Waals surface area (Å²) in [7, 11) is 0. The molecule has 4 N–H and O–H groups in total. The molecule has 1 amide bonds. The summed E-state index contributed by atoms with van der Waals surface area (Å²) in [6.45, 7) is 2.10. The van der Waals surface area contributed by atoms with E-state index in [1.54, 1.807) is 18.2 Å². The third-order valence-corrected chi connectivity index (χ3v) is 3.31. The summed E-state index contributed by atoms with van der Waals surface area (Å²) in [4.78, 5) is 11.7. The van der Waals surface area contributed by atoms with Crippen LogP contribution in [-0.2, 0) is 4.79 Å². The summed E-state index contributed by atoms with van der Waals surface area (Å²) < 4.78 is 0.695. The molecular weight excluding hydrogens is 310 g/mol. The molecule has 0 bridgehead atoms. The number of hydrogen-bond donors (Lipinski definition) is 3. The molecule has 0 fully saturated rings. The molecule has 1 aromatic rings. The average Bonchev–Trinajstić information content (AvgIpc) is 2.40. The topological polar surface area (TPSA) is 87.7 Å². The van der Waals surface area contributed by atoms with E-state index in [0.717, 1.165) is 19.3 Å². The number of nitrogens with zero attached hydrogens (tertiary/aromatic N) is 1. The SMILES string of the molecule is CCCCCC(=O)Nc1ccc(/C(N)=N/O)cc1Br. The summed E-state index contributed by atoms with van der Waals surface area (Å²) in [6.07, 6.45) is 3.55. The van der Waals surface area contributed by atoms with Crippen LogP contribution < -0.4 is 11.1 Å². The van der Waals surface area contributed by atoms with Gasteiger partial charge in [-0.15, -0.1) is 0 Å². The highest BCUT2D eigenvalue weighted by molar-refractivity contribution is 9.10. The zero-order valence-corrected chi connectivity index (χ0v) is 12.4. The Hall–Kier alpha value is -1.56. The first kappa shape index (κ1) is 15.5. The first-order valence-electron chi connectivity index (χ1n) is 6.15. The first-order valence-corrected chi connectivity index (χ1v) is 6.95. The van der Waals surface area contributed by atoms with E-state index >= 15 is 0 Å². The fourth-order valence-corrected chi connectivity index (χ4v) is 2.06. The monoisotopic (exact) mass is 327 g/mol. The minimum absolute atomic E-state index is 0.00861. The number of carbonyl (C=O) groups excluding carboxylic acids is 1. The summed E-state index contributed by atoms with van der Waals surface area (Å²) in [6, 6.07) is 5.09. The second-order valence-electron chi connectivity index (χ2n) is 4.19. The molecule has 0 aliphatic rings. The van der Waals surface area contributed by atoms with E-state index in [-0.39, 0.29) is 11.7 Å². The number of halogens is 1. The van der Waals surface area contributed by atoms with Gasteiger partial charge in [0.1, 0.15) is 0 Å². The molecule has 6 heteroatoms. The van der Waals surface area contributed by atoms with E-state index in [9.17, 15) is 4.79 Å². The molecule has 0 saturated carbocycles. The van der Waals surface area contributed by atoms with Crippen molar-refractivity contribution in [3.63, 3.8) is 0 Å². The molecule has 0 radical (unpaired) electrons. The van der Waals surface area contributed by atoms with Crippen molar-refractivity contribution in [1.29, 1.82) is 0 Å². The lowest BCUT2D eigenvalue weighted by Gasteiger charge is -2.08. The predicted molar refractivity (Wildman–Crippen MR) is 79.4 cm³/mol. The molecule has 104 valence electrons. The van der Waals surface area contributed by atoms with Crippen LogP contribution in [0.15, 0.2) is 27.8 Å². The van der Waals surface area contributed by atoms with Gasteiger partial charge in [-0.05, 0) is 40.5 Å². The van der Waals surface area contributed by atoms with E-state index in [4.69, 9.17) is 10.9 Å². The Morgan fingerprint density at radius 2 is 2.21 bits per heavy atom. The van der Waals surface area contributed by atoms with Gasteiger partial charge in [-0.3, -0.25) is 4.79 Å². The second kappa shape index (κ2) is 7.78. The van der Waals surface area contributed by atoms with Crippen molar-refractivity contribution >= 4 is 33.4 Å². The number of rotatable bonds is 6. The Bertz CT molecular complexity index is 475. The highest BCUT2D eigenvalue weighted by atomic mass is 79.9. The first-order chi connectivity index (χ1) is 9.08. The average molecular weight is 328 g/mol. The van der Waals surface area contributed by atoms with E-state index in [2.05, 4.69) is 33.3 Å². The van der Waals surface area contributed by atoms with Gasteiger partial charge >= 0.3 is 0 Å². The predicted octanol–water partition coefficient (Wildman–Crippen LogP) is 3.06. The molecule has 0 heterocycles. The van der Waals surface area contributed by atoms with Crippen molar-refractivity contribution in [2.75, 3.05) is 5.32 Å². The maximum Gasteiger partial charge on any atom is 0.224 e. The lowest BCUT2D eigenvalue weighted by atomic mass is 10.1. The number of anilines is 1. The van der Waals surface area contributed by atoms with Crippen LogP contribution in [0.25, 0.3) is 0 Å². The highest BCUT2D eigenvalue weighted by Crippen LogP contribution is 2.24. The number of unbranched alkanes of at least 4 members (excludes halogenated alkanes) is 2. The Morgan fingerprint density at radius 3 is 2.79 bits per heavy atom. The van der Waals surface area contributed by atoms with Crippen molar-refractivity contribution in [3.8, 4) is 0 Å². The Labute approximate surface area is 121 Å². The molecule has 1 rings (SSSR count). The van der Waals surface area contributed by atoms with E-state index in [1.165, 1.54) is 0 Å². The Balaban J connectivity index is 2.67. The lowest BCUT2D eigenvalue weighted by molar-refractivity contribution is -0.116. The summed E-state index contributed by atoms with van der Waals surface area (Å²) in [5.74, 6) is 0.0206. The number of benzene rings is 1. The number of hydrogen-bond acceptors (Lipinski definition) is 3. The number of amides is 1. The third-order valence-electron chi connectivity index (χ3n) is 2.65. The molecule has 0 saturated heterocycles. The van der Waals surface area contributed by atoms with Gasteiger partial charge in [0.25, 0.3) is 0 Å². The standard InChI is InChI=1S/C13H18BrN3O2/c1-2-3-4-5-12(18)16-11-7-6-9(8-10(11)14)13(15)17-19/h6-8,19H,2-5H2,1H3,(H2,15,17)(H,16,18). The Kier molecular flexibility index (Phi) is 6.35. The third kappa shape index (κ3) is 4.90. The molecule has 1 aromatic carbocycles. The fourth-order valence-electron chi connectivity index (χ4n) is 1.58. The Morgan fingerprint density at radius 1 is 1.47 bits per heavy atom. The zero-order valence-electron chi connectivity index (χ0n) is 10.8. The van der Waals surface area contributed by atoms with Crippen LogP contribution >= 0.6 is 15.9 Å². The van der Waals surface area contributed by atoms with Gasteiger partial charge in [-0.1, -0.05) is 24.9 Å². The normalized spacial score (nSPS) is 11.4. The summed E-state index contributed by atoms with van der Waals surface area (Å²) >= 11 is 3.35. The van der Waals surface area contributed by atoms with Gasteiger partial charge in [-0.25, -0.2) is 0 Å². The van der Waals surface area contributed by atoms with Gasteiger partial charge in [0.15, 0.2) is 5.84 Å². The minimum atomic E-state index is -0.00861. The number of amidine groups is 1. The number of nitrogens with two attached hydrogens (primary N) is 1. The van der Waals surface area contributed by atoms with E-state index in [0.29, 0.717) is 22.1 Å². The highest BCUT2D eigenvalue weighted by Gasteiger charge is 2.07. The van der Waals surface area contributed by atoms with Crippen LogP contribution in [0.4, 0.5) is 5.69 Å². The van der Waals surface area contributed by atoms with Crippen molar-refractivity contribution in [3.05, 3.63) is 28.2 Å². The smallest absolute Gasteiger partial charge is 0.224 e. The van der Waals surface area contributed by atoms with Gasteiger partial charge in [-0.2, -0.15) is 0 Å². The molecule has 0 unspecified atom stereocenters. The molecule has 0 atom stereocenters. The fraction of sp³-hybridized carbons (Fsp3) is 0.385. The van der Waals surface area contributed by atoms with Gasteiger partial charge in [0.05, 0.1) is 5.69 Å².